The number of hydrogen-bond donors (Lipinski definition) is 2. The highest BCUT2D eigenvalue weighted by atomic mass is 32.1. The lowest BCUT2D eigenvalue weighted by atomic mass is 10.3. The summed E-state index contributed by atoms with van der Waals surface area (Å²) in [5.74, 6) is -3.77. The minimum absolute atomic E-state index is 0.0405. The number of carbonyl (C=O) groups is 2. The van der Waals surface area contributed by atoms with E-state index in [1.165, 1.54) is 11.4 Å². The molecular weight excluding hydrogens is 304 g/mol. The molecule has 0 saturated heterocycles. The van der Waals surface area contributed by atoms with Gasteiger partial charge in [-0.3, -0.25) is 4.79 Å². The fourth-order valence-corrected chi connectivity index (χ4v) is 2.27. The van der Waals surface area contributed by atoms with E-state index in [4.69, 9.17) is 9.84 Å². The molecule has 8 heteroatoms. The molecule has 0 radical (unpaired) electrons. The molecule has 1 heterocycles. The normalized spacial score (nSPS) is 10.2. The Labute approximate surface area is 121 Å². The van der Waals surface area contributed by atoms with Crippen LogP contribution in [0.15, 0.2) is 29.6 Å². The first-order valence-electron chi connectivity index (χ1n) is 5.66. The SMILES string of the molecule is O=C(COc1ccc(F)cc1F)Nc1sccc1C(=O)O. The van der Waals surface area contributed by atoms with Crippen LogP contribution < -0.4 is 10.1 Å². The second-order valence-electron chi connectivity index (χ2n) is 3.88. The Morgan fingerprint density at radius 1 is 1.29 bits per heavy atom. The van der Waals surface area contributed by atoms with E-state index >= 15 is 0 Å². The Morgan fingerprint density at radius 3 is 2.71 bits per heavy atom. The zero-order valence-electron chi connectivity index (χ0n) is 10.4. The van der Waals surface area contributed by atoms with Crippen LogP contribution >= 0.6 is 11.3 Å². The lowest BCUT2D eigenvalue weighted by Crippen LogP contribution is -2.21. The fourth-order valence-electron chi connectivity index (χ4n) is 1.47. The number of hydrogen-bond acceptors (Lipinski definition) is 4. The summed E-state index contributed by atoms with van der Waals surface area (Å²) < 4.78 is 30.9. The summed E-state index contributed by atoms with van der Waals surface area (Å²) >= 11 is 1.04. The Balaban J connectivity index is 1.96. The number of nitrogens with one attached hydrogen (secondary N) is 1. The van der Waals surface area contributed by atoms with Crippen molar-refractivity contribution in [3.63, 3.8) is 0 Å². The van der Waals surface area contributed by atoms with Crippen molar-refractivity contribution in [2.75, 3.05) is 11.9 Å². The smallest absolute Gasteiger partial charge is 0.338 e. The average Bonchev–Trinajstić information content (AvgIpc) is 2.86. The van der Waals surface area contributed by atoms with Crippen LogP contribution in [0, 0.1) is 11.6 Å². The van der Waals surface area contributed by atoms with E-state index in [1.54, 1.807) is 0 Å². The van der Waals surface area contributed by atoms with Gasteiger partial charge in [-0.2, -0.15) is 0 Å². The van der Waals surface area contributed by atoms with Crippen molar-refractivity contribution in [2.45, 2.75) is 0 Å². The number of benzene rings is 1. The van der Waals surface area contributed by atoms with Crippen molar-refractivity contribution < 1.29 is 28.2 Å². The molecule has 2 N–H and O–H groups in total. The lowest BCUT2D eigenvalue weighted by Gasteiger charge is -2.07. The number of carboxylic acids is 1. The summed E-state index contributed by atoms with van der Waals surface area (Å²) in [7, 11) is 0. The van der Waals surface area contributed by atoms with Gasteiger partial charge in [-0.05, 0) is 23.6 Å². The summed E-state index contributed by atoms with van der Waals surface area (Å²) in [6.07, 6.45) is 0. The number of halogens is 2. The molecule has 2 aromatic rings. The summed E-state index contributed by atoms with van der Waals surface area (Å²) in [6.45, 7) is -0.528. The second-order valence-corrected chi connectivity index (χ2v) is 4.80. The molecule has 0 aliphatic carbocycles. The van der Waals surface area contributed by atoms with Crippen molar-refractivity contribution in [2.24, 2.45) is 0 Å². The fraction of sp³-hybridized carbons (Fsp3) is 0.0769. The van der Waals surface area contributed by atoms with Crippen LogP contribution in [0.2, 0.25) is 0 Å². The van der Waals surface area contributed by atoms with Crippen LogP contribution in [0.3, 0.4) is 0 Å². The standard InChI is InChI=1S/C13H9F2NO4S/c14-7-1-2-10(9(15)5-7)20-6-11(17)16-12-8(13(18)19)3-4-21-12/h1-5H,6H2,(H,16,17)(H,18,19). The van der Waals surface area contributed by atoms with Gasteiger partial charge in [0.2, 0.25) is 0 Å². The van der Waals surface area contributed by atoms with Crippen LogP contribution in [0.25, 0.3) is 0 Å². The Morgan fingerprint density at radius 2 is 2.05 bits per heavy atom. The quantitative estimate of drug-likeness (QED) is 0.890. The van der Waals surface area contributed by atoms with E-state index in [0.29, 0.717) is 6.07 Å². The van der Waals surface area contributed by atoms with Crippen molar-refractivity contribution in [1.29, 1.82) is 0 Å². The zero-order valence-corrected chi connectivity index (χ0v) is 11.2. The molecule has 1 amide bonds. The third-order valence-electron chi connectivity index (χ3n) is 2.40. The number of carbonyl (C=O) groups excluding carboxylic acids is 1. The maximum Gasteiger partial charge on any atom is 0.338 e. The first kappa shape index (κ1) is 14.9. The van der Waals surface area contributed by atoms with Gasteiger partial charge in [0.05, 0.1) is 5.56 Å². The molecule has 0 spiro atoms. The Bertz CT molecular complexity index is 687. The molecule has 1 aromatic carbocycles. The van der Waals surface area contributed by atoms with Gasteiger partial charge in [-0.1, -0.05) is 0 Å². The number of ether oxygens (including phenoxy) is 1. The number of anilines is 1. The maximum atomic E-state index is 13.3. The molecule has 0 aliphatic rings. The summed E-state index contributed by atoms with van der Waals surface area (Å²) in [6, 6.07) is 4.04. The van der Waals surface area contributed by atoms with Crippen molar-refractivity contribution in [3.8, 4) is 5.75 Å². The van der Waals surface area contributed by atoms with Gasteiger partial charge >= 0.3 is 5.97 Å². The number of aromatic carboxylic acids is 1. The van der Waals surface area contributed by atoms with E-state index in [0.717, 1.165) is 23.5 Å². The van der Waals surface area contributed by atoms with Crippen LogP contribution in [0.5, 0.6) is 5.75 Å². The molecule has 110 valence electrons. The van der Waals surface area contributed by atoms with E-state index in [9.17, 15) is 18.4 Å². The number of thiophene rings is 1. The molecule has 0 fully saturated rings. The molecule has 21 heavy (non-hydrogen) atoms. The van der Waals surface area contributed by atoms with Crippen LogP contribution in [-0.2, 0) is 4.79 Å². The predicted octanol–water partition coefficient (Wildman–Crippen LogP) is 2.74. The largest absolute Gasteiger partial charge is 0.481 e. The number of rotatable bonds is 5. The Kier molecular flexibility index (Phi) is 4.49. The molecule has 2 rings (SSSR count). The monoisotopic (exact) mass is 313 g/mol. The Hall–Kier alpha value is -2.48. The van der Waals surface area contributed by atoms with Gasteiger partial charge in [-0.25, -0.2) is 13.6 Å². The molecule has 0 atom stereocenters. The van der Waals surface area contributed by atoms with E-state index in [-0.39, 0.29) is 16.3 Å². The highest BCUT2D eigenvalue weighted by Crippen LogP contribution is 2.23. The first-order valence-corrected chi connectivity index (χ1v) is 6.54. The van der Waals surface area contributed by atoms with E-state index < -0.39 is 30.1 Å². The van der Waals surface area contributed by atoms with Gasteiger partial charge in [0.25, 0.3) is 5.91 Å². The minimum atomic E-state index is -1.17. The highest BCUT2D eigenvalue weighted by Gasteiger charge is 2.14. The second kappa shape index (κ2) is 6.31. The third kappa shape index (κ3) is 3.76. The average molecular weight is 313 g/mol. The maximum absolute atomic E-state index is 13.3. The van der Waals surface area contributed by atoms with Gasteiger partial charge in [0, 0.05) is 6.07 Å². The number of carboxylic acid groups (broad SMARTS) is 1. The minimum Gasteiger partial charge on any atom is -0.481 e. The van der Waals surface area contributed by atoms with Crippen LogP contribution in [0.4, 0.5) is 13.8 Å². The third-order valence-corrected chi connectivity index (χ3v) is 3.23. The summed E-state index contributed by atoms with van der Waals surface area (Å²) in [5, 5.41) is 12.9. The topological polar surface area (TPSA) is 75.6 Å². The van der Waals surface area contributed by atoms with Gasteiger partial charge in [0.15, 0.2) is 18.2 Å². The highest BCUT2D eigenvalue weighted by molar-refractivity contribution is 7.14. The van der Waals surface area contributed by atoms with Crippen LogP contribution in [-0.4, -0.2) is 23.6 Å². The van der Waals surface area contributed by atoms with Crippen molar-refractivity contribution in [1.82, 2.24) is 0 Å². The molecule has 0 saturated carbocycles. The number of amides is 1. The van der Waals surface area contributed by atoms with Crippen LogP contribution in [0.1, 0.15) is 10.4 Å². The van der Waals surface area contributed by atoms with E-state index in [2.05, 4.69) is 5.32 Å². The summed E-state index contributed by atoms with van der Waals surface area (Å²) in [4.78, 5) is 22.5. The van der Waals surface area contributed by atoms with Gasteiger partial charge in [0.1, 0.15) is 10.8 Å². The lowest BCUT2D eigenvalue weighted by molar-refractivity contribution is -0.118. The molecular formula is C13H9F2NO4S. The molecule has 1 aromatic heterocycles. The van der Waals surface area contributed by atoms with Crippen molar-refractivity contribution >= 4 is 28.2 Å². The zero-order chi connectivity index (χ0) is 15.4. The first-order chi connectivity index (χ1) is 9.97. The molecule has 5 nitrogen and oxygen atoms in total. The summed E-state index contributed by atoms with van der Waals surface area (Å²) in [5.41, 5.74) is -0.0405. The van der Waals surface area contributed by atoms with Crippen molar-refractivity contribution in [3.05, 3.63) is 46.8 Å². The van der Waals surface area contributed by atoms with Gasteiger partial charge < -0.3 is 15.2 Å². The molecule has 0 bridgehead atoms. The molecule has 0 aliphatic heterocycles. The van der Waals surface area contributed by atoms with E-state index in [1.807, 2.05) is 0 Å². The van der Waals surface area contributed by atoms with Gasteiger partial charge in [-0.15, -0.1) is 11.3 Å². The predicted molar refractivity (Wildman–Crippen MR) is 71.8 cm³/mol. The molecule has 0 unspecified atom stereocenters.